The second-order valence-corrected chi connectivity index (χ2v) is 8.29. The number of nitrogens with one attached hydrogen (secondary N) is 2. The van der Waals surface area contributed by atoms with Crippen LogP contribution in [0.4, 0.5) is 11.4 Å². The Morgan fingerprint density at radius 1 is 1.06 bits per heavy atom. The molecule has 4 N–H and O–H groups in total. The predicted octanol–water partition coefficient (Wildman–Crippen LogP) is 2.87. The van der Waals surface area contributed by atoms with Crippen molar-refractivity contribution in [2.45, 2.75) is 19.4 Å². The second kappa shape index (κ2) is 9.94. The SMILES string of the molecule is COc1cc2[nH]c(=O)c(CNc3ccc(N4CCC(C(N)=O)CC4)cc3)cc2c(OC)c1OC. The number of piperidine rings is 1. The zero-order chi connectivity index (χ0) is 24.2. The Morgan fingerprint density at radius 3 is 2.32 bits per heavy atom. The number of methoxy groups -OCH3 is 3. The van der Waals surface area contributed by atoms with Crippen LogP contribution in [0.5, 0.6) is 17.2 Å². The summed E-state index contributed by atoms with van der Waals surface area (Å²) in [6.45, 7) is 1.96. The Morgan fingerprint density at radius 2 is 1.74 bits per heavy atom. The average Bonchev–Trinajstić information content (AvgIpc) is 2.86. The van der Waals surface area contributed by atoms with Crippen molar-refractivity contribution < 1.29 is 19.0 Å². The summed E-state index contributed by atoms with van der Waals surface area (Å²) in [6, 6.07) is 11.6. The van der Waals surface area contributed by atoms with Crippen molar-refractivity contribution in [2.24, 2.45) is 11.7 Å². The van der Waals surface area contributed by atoms with E-state index < -0.39 is 0 Å². The van der Waals surface area contributed by atoms with Gasteiger partial charge in [0.1, 0.15) is 0 Å². The summed E-state index contributed by atoms with van der Waals surface area (Å²) in [7, 11) is 4.63. The van der Waals surface area contributed by atoms with Crippen LogP contribution in [0.2, 0.25) is 0 Å². The minimum absolute atomic E-state index is 0.0306. The van der Waals surface area contributed by atoms with Crippen molar-refractivity contribution in [3.63, 3.8) is 0 Å². The maximum atomic E-state index is 12.7. The lowest BCUT2D eigenvalue weighted by Gasteiger charge is -2.32. The van der Waals surface area contributed by atoms with Crippen molar-refractivity contribution in [2.75, 3.05) is 44.6 Å². The summed E-state index contributed by atoms with van der Waals surface area (Å²) in [5.74, 6) is 1.21. The van der Waals surface area contributed by atoms with Gasteiger partial charge in [0.15, 0.2) is 11.5 Å². The highest BCUT2D eigenvalue weighted by molar-refractivity contribution is 5.90. The molecule has 9 nitrogen and oxygen atoms in total. The molecule has 4 rings (SSSR count). The number of nitrogens with zero attached hydrogens (tertiary/aromatic N) is 1. The van der Waals surface area contributed by atoms with Crippen molar-refractivity contribution >= 4 is 28.2 Å². The molecule has 1 amide bonds. The van der Waals surface area contributed by atoms with Gasteiger partial charge in [0.25, 0.3) is 5.56 Å². The fourth-order valence-electron chi connectivity index (χ4n) is 4.41. The number of hydrogen-bond acceptors (Lipinski definition) is 7. The smallest absolute Gasteiger partial charge is 0.253 e. The molecule has 9 heteroatoms. The molecule has 1 fully saturated rings. The Hall–Kier alpha value is -3.88. The van der Waals surface area contributed by atoms with E-state index >= 15 is 0 Å². The van der Waals surface area contributed by atoms with Gasteiger partial charge in [0, 0.05) is 53.9 Å². The summed E-state index contributed by atoms with van der Waals surface area (Å²) in [5.41, 5.74) is 8.40. The zero-order valence-corrected chi connectivity index (χ0v) is 19.6. The van der Waals surface area contributed by atoms with E-state index in [0.29, 0.717) is 34.9 Å². The number of nitrogens with two attached hydrogens (primary N) is 1. The van der Waals surface area contributed by atoms with Gasteiger partial charge in [0.2, 0.25) is 11.7 Å². The number of aromatic amines is 1. The first-order valence-electron chi connectivity index (χ1n) is 11.2. The molecule has 1 aliphatic rings. The van der Waals surface area contributed by atoms with Gasteiger partial charge < -0.3 is 35.1 Å². The number of carbonyl (C=O) groups excluding carboxylic acids is 1. The minimum atomic E-state index is -0.210. The number of benzene rings is 2. The number of anilines is 2. The maximum Gasteiger partial charge on any atom is 0.253 e. The molecule has 3 aromatic rings. The van der Waals surface area contributed by atoms with Gasteiger partial charge in [-0.3, -0.25) is 9.59 Å². The largest absolute Gasteiger partial charge is 0.493 e. The minimum Gasteiger partial charge on any atom is -0.493 e. The summed E-state index contributed by atoms with van der Waals surface area (Å²) >= 11 is 0. The molecule has 0 bridgehead atoms. The lowest BCUT2D eigenvalue weighted by molar-refractivity contribution is -0.122. The van der Waals surface area contributed by atoms with Gasteiger partial charge in [-0.05, 0) is 43.2 Å². The van der Waals surface area contributed by atoms with Gasteiger partial charge in [-0.1, -0.05) is 0 Å². The van der Waals surface area contributed by atoms with Crippen LogP contribution >= 0.6 is 0 Å². The number of aromatic nitrogens is 1. The number of carbonyl (C=O) groups is 1. The Bertz CT molecular complexity index is 1230. The van der Waals surface area contributed by atoms with Crippen LogP contribution in [-0.2, 0) is 11.3 Å². The van der Waals surface area contributed by atoms with E-state index in [1.165, 1.54) is 7.11 Å². The molecule has 0 radical (unpaired) electrons. The number of H-pyrrole nitrogens is 1. The molecule has 2 heterocycles. The average molecular weight is 467 g/mol. The number of hydrogen-bond donors (Lipinski definition) is 3. The van der Waals surface area contributed by atoms with Crippen LogP contribution in [0.25, 0.3) is 10.9 Å². The van der Waals surface area contributed by atoms with E-state index in [4.69, 9.17) is 19.9 Å². The number of amides is 1. The molecule has 0 aliphatic carbocycles. The van der Waals surface area contributed by atoms with E-state index in [-0.39, 0.29) is 17.4 Å². The van der Waals surface area contributed by atoms with Crippen molar-refractivity contribution in [1.82, 2.24) is 4.98 Å². The zero-order valence-electron chi connectivity index (χ0n) is 19.6. The van der Waals surface area contributed by atoms with E-state index in [1.807, 2.05) is 24.3 Å². The number of rotatable bonds is 8. The predicted molar refractivity (Wildman–Crippen MR) is 132 cm³/mol. The van der Waals surface area contributed by atoms with Crippen LogP contribution < -0.4 is 35.7 Å². The summed E-state index contributed by atoms with van der Waals surface area (Å²) < 4.78 is 16.4. The number of primary amides is 1. The highest BCUT2D eigenvalue weighted by Gasteiger charge is 2.23. The van der Waals surface area contributed by atoms with Gasteiger partial charge in [-0.15, -0.1) is 0 Å². The van der Waals surface area contributed by atoms with Gasteiger partial charge in [0.05, 0.1) is 26.8 Å². The molecule has 0 spiro atoms. The first kappa shape index (κ1) is 23.3. The molecule has 1 aromatic heterocycles. The topological polar surface area (TPSA) is 119 Å². The second-order valence-electron chi connectivity index (χ2n) is 8.29. The number of pyridine rings is 1. The highest BCUT2D eigenvalue weighted by Crippen LogP contribution is 2.42. The van der Waals surface area contributed by atoms with Crippen molar-refractivity contribution in [3.05, 3.63) is 52.3 Å². The van der Waals surface area contributed by atoms with Crippen LogP contribution in [0, 0.1) is 5.92 Å². The third kappa shape index (κ3) is 4.59. The monoisotopic (exact) mass is 466 g/mol. The standard InChI is InChI=1S/C25H30N4O5/c1-32-21-13-20-19(22(33-2)23(21)34-3)12-16(25(31)28-20)14-27-17-4-6-18(7-5-17)29-10-8-15(9-11-29)24(26)30/h4-7,12-13,15,27H,8-11,14H2,1-3H3,(H2,26,30)(H,28,31). The van der Waals surface area contributed by atoms with E-state index in [0.717, 1.165) is 42.7 Å². The van der Waals surface area contributed by atoms with Gasteiger partial charge in [-0.2, -0.15) is 0 Å². The molecule has 0 unspecified atom stereocenters. The van der Waals surface area contributed by atoms with Gasteiger partial charge in [-0.25, -0.2) is 0 Å². The molecule has 1 aliphatic heterocycles. The first-order valence-corrected chi connectivity index (χ1v) is 11.2. The van der Waals surface area contributed by atoms with E-state index in [2.05, 4.69) is 15.2 Å². The number of ether oxygens (including phenoxy) is 3. The Labute approximate surface area is 197 Å². The molecule has 1 saturated heterocycles. The van der Waals surface area contributed by atoms with Crippen LogP contribution in [0.3, 0.4) is 0 Å². The van der Waals surface area contributed by atoms with E-state index in [9.17, 15) is 9.59 Å². The molecular weight excluding hydrogens is 436 g/mol. The fraction of sp³-hybridized carbons (Fsp3) is 0.360. The molecule has 34 heavy (non-hydrogen) atoms. The third-order valence-electron chi connectivity index (χ3n) is 6.34. The third-order valence-corrected chi connectivity index (χ3v) is 6.34. The first-order chi connectivity index (χ1) is 16.4. The van der Waals surface area contributed by atoms with Crippen molar-refractivity contribution in [1.29, 1.82) is 0 Å². The summed E-state index contributed by atoms with van der Waals surface area (Å²) in [6.07, 6.45) is 1.56. The Kier molecular flexibility index (Phi) is 6.81. The normalized spacial score (nSPS) is 14.1. The van der Waals surface area contributed by atoms with Crippen LogP contribution in [0.15, 0.2) is 41.2 Å². The molecule has 180 valence electrons. The van der Waals surface area contributed by atoms with Crippen molar-refractivity contribution in [3.8, 4) is 17.2 Å². The quantitative estimate of drug-likeness (QED) is 0.467. The van der Waals surface area contributed by atoms with Gasteiger partial charge >= 0.3 is 0 Å². The maximum absolute atomic E-state index is 12.7. The summed E-state index contributed by atoms with van der Waals surface area (Å²) in [4.78, 5) is 29.2. The lowest BCUT2D eigenvalue weighted by Crippen LogP contribution is -2.38. The highest BCUT2D eigenvalue weighted by atomic mass is 16.5. The molecular formula is C25H30N4O5. The molecule has 2 aromatic carbocycles. The van der Waals surface area contributed by atoms with Crippen LogP contribution in [0.1, 0.15) is 18.4 Å². The molecule has 0 atom stereocenters. The number of fused-ring (bicyclic) bond motifs is 1. The lowest BCUT2D eigenvalue weighted by atomic mass is 9.96. The molecule has 0 saturated carbocycles. The van der Waals surface area contributed by atoms with E-state index in [1.54, 1.807) is 26.4 Å². The fourth-order valence-corrected chi connectivity index (χ4v) is 4.41. The Balaban J connectivity index is 1.49. The van der Waals surface area contributed by atoms with Crippen LogP contribution in [-0.4, -0.2) is 45.3 Å². The summed E-state index contributed by atoms with van der Waals surface area (Å²) in [5, 5.41) is 4.04.